The molecule has 1 saturated carbocycles. The summed E-state index contributed by atoms with van der Waals surface area (Å²) in [6, 6.07) is 11.0. The summed E-state index contributed by atoms with van der Waals surface area (Å²) in [6.07, 6.45) is 4.59. The molecule has 1 aliphatic rings. The van der Waals surface area contributed by atoms with Gasteiger partial charge in [0.2, 0.25) is 0 Å². The molecule has 1 aromatic carbocycles. The molecule has 0 N–H and O–H groups in total. The van der Waals surface area contributed by atoms with Gasteiger partial charge in [-0.25, -0.2) is 0 Å². The van der Waals surface area contributed by atoms with Gasteiger partial charge in [0.05, 0.1) is 12.5 Å². The van der Waals surface area contributed by atoms with Gasteiger partial charge in [0.15, 0.2) is 0 Å². The van der Waals surface area contributed by atoms with Crippen molar-refractivity contribution in [1.82, 2.24) is 0 Å². The Bertz CT molecular complexity index is 438. The second kappa shape index (κ2) is 6.24. The molecular formula is C18H25N. The fourth-order valence-corrected chi connectivity index (χ4v) is 3.56. The zero-order valence-corrected chi connectivity index (χ0v) is 12.4. The van der Waals surface area contributed by atoms with E-state index in [0.717, 1.165) is 23.3 Å². The van der Waals surface area contributed by atoms with Gasteiger partial charge in [-0.3, -0.25) is 0 Å². The van der Waals surface area contributed by atoms with E-state index in [9.17, 15) is 0 Å². The van der Waals surface area contributed by atoms with Gasteiger partial charge in [0.1, 0.15) is 0 Å². The first kappa shape index (κ1) is 14.1. The lowest BCUT2D eigenvalue weighted by Crippen LogP contribution is -2.26. The average Bonchev–Trinajstić information content (AvgIpc) is 2.39. The summed E-state index contributed by atoms with van der Waals surface area (Å²) in [7, 11) is 0. The van der Waals surface area contributed by atoms with E-state index in [1.807, 2.05) is 0 Å². The highest BCUT2D eigenvalue weighted by atomic mass is 14.4. The van der Waals surface area contributed by atoms with E-state index >= 15 is 0 Å². The summed E-state index contributed by atoms with van der Waals surface area (Å²) in [5.41, 5.74) is 2.61. The SMILES string of the molecule is CC1CCC(C(C)C)C(c2ccc(CC#N)cc2)C1. The number of nitriles is 1. The number of benzene rings is 1. The van der Waals surface area contributed by atoms with Crippen molar-refractivity contribution >= 4 is 0 Å². The Labute approximate surface area is 117 Å². The summed E-state index contributed by atoms with van der Waals surface area (Å²) < 4.78 is 0. The molecule has 1 fully saturated rings. The van der Waals surface area contributed by atoms with Crippen molar-refractivity contribution in [3.63, 3.8) is 0 Å². The number of hydrogen-bond donors (Lipinski definition) is 0. The van der Waals surface area contributed by atoms with Gasteiger partial charge >= 0.3 is 0 Å². The molecule has 1 heteroatoms. The Kier molecular flexibility index (Phi) is 4.64. The second-order valence-electron chi connectivity index (χ2n) is 6.51. The van der Waals surface area contributed by atoms with Gasteiger partial charge in [-0.15, -0.1) is 0 Å². The van der Waals surface area contributed by atoms with E-state index < -0.39 is 0 Å². The minimum atomic E-state index is 0.523. The molecule has 102 valence electrons. The van der Waals surface area contributed by atoms with Gasteiger partial charge < -0.3 is 0 Å². The van der Waals surface area contributed by atoms with E-state index in [0.29, 0.717) is 12.3 Å². The largest absolute Gasteiger partial charge is 0.198 e. The van der Waals surface area contributed by atoms with Crippen molar-refractivity contribution in [3.8, 4) is 6.07 Å². The van der Waals surface area contributed by atoms with Crippen molar-refractivity contribution in [2.24, 2.45) is 17.8 Å². The molecule has 1 aliphatic carbocycles. The zero-order valence-electron chi connectivity index (χ0n) is 12.4. The molecule has 0 amide bonds. The quantitative estimate of drug-likeness (QED) is 0.751. The van der Waals surface area contributed by atoms with Gasteiger partial charge in [-0.05, 0) is 47.6 Å². The molecular weight excluding hydrogens is 230 g/mol. The first-order chi connectivity index (χ1) is 9.11. The second-order valence-corrected chi connectivity index (χ2v) is 6.51. The molecule has 1 nitrogen and oxygen atoms in total. The predicted molar refractivity (Wildman–Crippen MR) is 79.8 cm³/mol. The monoisotopic (exact) mass is 255 g/mol. The molecule has 2 rings (SSSR count). The van der Waals surface area contributed by atoms with Crippen LogP contribution in [0.5, 0.6) is 0 Å². The van der Waals surface area contributed by atoms with Crippen LogP contribution >= 0.6 is 0 Å². The van der Waals surface area contributed by atoms with Gasteiger partial charge in [-0.2, -0.15) is 5.26 Å². The summed E-state index contributed by atoms with van der Waals surface area (Å²) in [5, 5.41) is 8.74. The molecule has 0 saturated heterocycles. The third-order valence-electron chi connectivity index (χ3n) is 4.71. The highest BCUT2D eigenvalue weighted by molar-refractivity contribution is 5.28. The Hall–Kier alpha value is -1.29. The topological polar surface area (TPSA) is 23.8 Å². The van der Waals surface area contributed by atoms with Crippen LogP contribution in [-0.2, 0) is 6.42 Å². The van der Waals surface area contributed by atoms with Crippen molar-refractivity contribution in [2.75, 3.05) is 0 Å². The van der Waals surface area contributed by atoms with Crippen molar-refractivity contribution in [3.05, 3.63) is 35.4 Å². The third kappa shape index (κ3) is 3.38. The molecule has 3 atom stereocenters. The molecule has 1 aromatic rings. The molecule has 0 radical (unpaired) electrons. The Morgan fingerprint density at radius 2 is 1.89 bits per heavy atom. The molecule has 19 heavy (non-hydrogen) atoms. The first-order valence-corrected chi connectivity index (χ1v) is 7.57. The Morgan fingerprint density at radius 3 is 2.47 bits per heavy atom. The molecule has 0 heterocycles. The van der Waals surface area contributed by atoms with Crippen LogP contribution < -0.4 is 0 Å². The Morgan fingerprint density at radius 1 is 1.21 bits per heavy atom. The number of rotatable bonds is 3. The minimum Gasteiger partial charge on any atom is -0.198 e. The maximum Gasteiger partial charge on any atom is 0.0669 e. The van der Waals surface area contributed by atoms with E-state index in [2.05, 4.69) is 51.1 Å². The fourth-order valence-electron chi connectivity index (χ4n) is 3.56. The van der Waals surface area contributed by atoms with Gasteiger partial charge in [-0.1, -0.05) is 51.5 Å². The van der Waals surface area contributed by atoms with Gasteiger partial charge in [0, 0.05) is 0 Å². The van der Waals surface area contributed by atoms with E-state index in [-0.39, 0.29) is 0 Å². The molecule has 0 aromatic heterocycles. The Balaban J connectivity index is 2.19. The van der Waals surface area contributed by atoms with Crippen molar-refractivity contribution < 1.29 is 0 Å². The smallest absolute Gasteiger partial charge is 0.0669 e. The molecule has 0 aliphatic heterocycles. The zero-order chi connectivity index (χ0) is 13.8. The normalized spacial score (nSPS) is 27.2. The van der Waals surface area contributed by atoms with Crippen LogP contribution in [0.1, 0.15) is 57.1 Å². The summed E-state index contributed by atoms with van der Waals surface area (Å²) in [5.74, 6) is 3.13. The van der Waals surface area contributed by atoms with E-state index in [1.54, 1.807) is 0 Å². The molecule has 0 spiro atoms. The first-order valence-electron chi connectivity index (χ1n) is 7.57. The van der Waals surface area contributed by atoms with Crippen LogP contribution in [0.15, 0.2) is 24.3 Å². The van der Waals surface area contributed by atoms with E-state index in [1.165, 1.54) is 24.8 Å². The number of nitrogens with zero attached hydrogens (tertiary/aromatic N) is 1. The van der Waals surface area contributed by atoms with Crippen LogP contribution in [0.2, 0.25) is 0 Å². The lowest BCUT2D eigenvalue weighted by Gasteiger charge is -2.37. The summed E-state index contributed by atoms with van der Waals surface area (Å²) in [6.45, 7) is 7.10. The maximum absolute atomic E-state index is 8.74. The third-order valence-corrected chi connectivity index (χ3v) is 4.71. The summed E-state index contributed by atoms with van der Waals surface area (Å²) >= 11 is 0. The predicted octanol–water partition coefficient (Wildman–Crippen LogP) is 4.93. The lowest BCUT2D eigenvalue weighted by molar-refractivity contribution is 0.197. The standard InChI is InChI=1S/C18H25N/c1-13(2)17-9-4-14(3)12-18(17)16-7-5-15(6-8-16)10-11-19/h5-8,13-14,17-18H,4,9-10,12H2,1-3H3. The van der Waals surface area contributed by atoms with Gasteiger partial charge in [0.25, 0.3) is 0 Å². The highest BCUT2D eigenvalue weighted by Gasteiger charge is 2.31. The highest BCUT2D eigenvalue weighted by Crippen LogP contribution is 2.43. The van der Waals surface area contributed by atoms with Crippen LogP contribution in [0.4, 0.5) is 0 Å². The molecule has 0 bridgehead atoms. The number of hydrogen-bond acceptors (Lipinski definition) is 1. The van der Waals surface area contributed by atoms with Crippen LogP contribution in [-0.4, -0.2) is 0 Å². The van der Waals surface area contributed by atoms with Crippen molar-refractivity contribution in [1.29, 1.82) is 5.26 Å². The van der Waals surface area contributed by atoms with E-state index in [4.69, 9.17) is 5.26 Å². The maximum atomic E-state index is 8.74. The minimum absolute atomic E-state index is 0.523. The van der Waals surface area contributed by atoms with Crippen LogP contribution in [0.3, 0.4) is 0 Å². The summed E-state index contributed by atoms with van der Waals surface area (Å²) in [4.78, 5) is 0. The fraction of sp³-hybridized carbons (Fsp3) is 0.611. The average molecular weight is 255 g/mol. The van der Waals surface area contributed by atoms with Crippen LogP contribution in [0.25, 0.3) is 0 Å². The van der Waals surface area contributed by atoms with Crippen LogP contribution in [0, 0.1) is 29.1 Å². The van der Waals surface area contributed by atoms with Crippen molar-refractivity contribution in [2.45, 2.75) is 52.4 Å². The molecule has 3 unspecified atom stereocenters. The lowest BCUT2D eigenvalue weighted by atomic mass is 9.67.